The molecule has 59 heavy (non-hydrogen) atoms. The molecule has 11 nitrogen and oxygen atoms in total. The second-order valence-corrected chi connectivity index (χ2v) is 17.2. The van der Waals surface area contributed by atoms with Crippen LogP contribution < -0.4 is 9.64 Å². The molecular weight excluding hydrogens is 783 g/mol. The number of nitrogens with zero attached hydrogens (tertiary/aromatic N) is 8. The molecule has 1 atom stereocenters. The standard InChI is InChI=1S/C46H52Cl2N8O3/c1-27-17-34(18-28(2)44(27)48)59-15-8-9-35-36-11-12-38(47)43(42-30(4)50-52(6)31(42)5)45(36)56-29(3)20-54(23-41(35)56)40-22-53(14-16-57-7)39-13-10-33(19-37(39)40)46-49-26-55(51-46)21-32-24-58-25-32/h10-13,17-19,22,26,29,32H,8-9,14-16,20-21,23-25H2,1-7H3/t29-/m1/s1. The molecule has 0 amide bonds. The second kappa shape index (κ2) is 16.0. The second-order valence-electron chi connectivity index (χ2n) is 16.5. The third-order valence-electron chi connectivity index (χ3n) is 12.3. The molecule has 0 spiro atoms. The predicted octanol–water partition coefficient (Wildman–Crippen LogP) is 9.68. The van der Waals surface area contributed by atoms with Crippen molar-refractivity contribution in [2.75, 3.05) is 45.0 Å². The number of hydrogen-bond acceptors (Lipinski definition) is 7. The summed E-state index contributed by atoms with van der Waals surface area (Å²) in [5, 5.41) is 13.6. The van der Waals surface area contributed by atoms with Gasteiger partial charge in [-0.2, -0.15) is 10.2 Å². The Balaban J connectivity index is 1.13. The summed E-state index contributed by atoms with van der Waals surface area (Å²) in [5.74, 6) is 2.07. The number of methoxy groups -OCH3 is 1. The Morgan fingerprint density at radius 3 is 2.44 bits per heavy atom. The van der Waals surface area contributed by atoms with Crippen LogP contribution in [0.15, 0.2) is 55.0 Å². The Labute approximate surface area is 355 Å². The Morgan fingerprint density at radius 2 is 1.73 bits per heavy atom. The van der Waals surface area contributed by atoms with E-state index in [1.54, 1.807) is 7.11 Å². The summed E-state index contributed by atoms with van der Waals surface area (Å²) in [6.45, 7) is 16.5. The molecule has 0 bridgehead atoms. The summed E-state index contributed by atoms with van der Waals surface area (Å²) < 4.78 is 26.1. The van der Waals surface area contributed by atoms with Crippen molar-refractivity contribution in [3.63, 3.8) is 0 Å². The normalized spacial score (nSPS) is 15.7. The number of benzene rings is 3. The van der Waals surface area contributed by atoms with Crippen LogP contribution in [-0.2, 0) is 42.6 Å². The summed E-state index contributed by atoms with van der Waals surface area (Å²) in [5.41, 5.74) is 13.4. The first-order valence-corrected chi connectivity index (χ1v) is 21.3. The lowest BCUT2D eigenvalue weighted by molar-refractivity contribution is -0.0408. The SMILES string of the molecule is COCCn1cc(N2Cc3c(CCCOc4cc(C)c(Cl)c(C)c4)c4ccc(Cl)c(-c5c(C)nn(C)c5C)c4n3[C@H](C)C2)c2cc(-c3ncn(CC4COC4)n3)ccc21. The van der Waals surface area contributed by atoms with Crippen LogP contribution in [0.25, 0.3) is 44.3 Å². The molecule has 3 aromatic carbocycles. The maximum absolute atomic E-state index is 7.24. The van der Waals surface area contributed by atoms with Crippen LogP contribution in [0.2, 0.25) is 10.0 Å². The van der Waals surface area contributed by atoms with Gasteiger partial charge in [-0.3, -0.25) is 9.36 Å². The van der Waals surface area contributed by atoms with E-state index in [0.29, 0.717) is 19.1 Å². The van der Waals surface area contributed by atoms with E-state index >= 15 is 0 Å². The van der Waals surface area contributed by atoms with Crippen molar-refractivity contribution in [2.45, 2.75) is 73.1 Å². The van der Waals surface area contributed by atoms with Gasteiger partial charge in [0.05, 0.1) is 60.4 Å². The summed E-state index contributed by atoms with van der Waals surface area (Å²) in [7, 11) is 3.76. The Morgan fingerprint density at radius 1 is 0.932 bits per heavy atom. The highest BCUT2D eigenvalue weighted by Gasteiger charge is 2.33. The van der Waals surface area contributed by atoms with Gasteiger partial charge in [0.2, 0.25) is 0 Å². The third-order valence-corrected chi connectivity index (χ3v) is 13.2. The average molecular weight is 836 g/mol. The smallest absolute Gasteiger partial charge is 0.181 e. The summed E-state index contributed by atoms with van der Waals surface area (Å²) in [4.78, 5) is 7.29. The maximum atomic E-state index is 7.24. The van der Waals surface area contributed by atoms with Crippen LogP contribution in [0.5, 0.6) is 5.75 Å². The Kier molecular flexibility index (Phi) is 10.7. The van der Waals surface area contributed by atoms with E-state index < -0.39 is 0 Å². The minimum Gasteiger partial charge on any atom is -0.494 e. The lowest BCUT2D eigenvalue weighted by Crippen LogP contribution is -2.36. The van der Waals surface area contributed by atoms with Gasteiger partial charge in [0, 0.05) is 95.8 Å². The fourth-order valence-corrected chi connectivity index (χ4v) is 9.63. The van der Waals surface area contributed by atoms with Crippen LogP contribution in [-0.4, -0.2) is 73.8 Å². The molecule has 6 heterocycles. The summed E-state index contributed by atoms with van der Waals surface area (Å²) in [6, 6.07) is 15.1. The molecule has 7 aromatic rings. The predicted molar refractivity (Wildman–Crippen MR) is 236 cm³/mol. The minimum atomic E-state index is 0.133. The number of halogens is 2. The number of anilines is 1. The van der Waals surface area contributed by atoms with Gasteiger partial charge < -0.3 is 28.2 Å². The number of ether oxygens (including phenoxy) is 3. The van der Waals surface area contributed by atoms with Crippen molar-refractivity contribution >= 4 is 50.7 Å². The number of fused-ring (bicyclic) bond motifs is 4. The van der Waals surface area contributed by atoms with Crippen molar-refractivity contribution < 1.29 is 14.2 Å². The first-order valence-electron chi connectivity index (χ1n) is 20.6. The first kappa shape index (κ1) is 39.6. The molecule has 2 aliphatic rings. The summed E-state index contributed by atoms with van der Waals surface area (Å²) in [6.07, 6.45) is 5.83. The van der Waals surface area contributed by atoms with Crippen molar-refractivity contribution in [1.29, 1.82) is 0 Å². The van der Waals surface area contributed by atoms with Crippen LogP contribution >= 0.6 is 23.2 Å². The van der Waals surface area contributed by atoms with Crippen LogP contribution in [0, 0.1) is 33.6 Å². The molecule has 0 aliphatic carbocycles. The third kappa shape index (κ3) is 7.19. The van der Waals surface area contributed by atoms with Crippen molar-refractivity contribution in [3.8, 4) is 28.3 Å². The first-order chi connectivity index (χ1) is 28.5. The van der Waals surface area contributed by atoms with Gasteiger partial charge in [0.15, 0.2) is 5.82 Å². The molecule has 0 N–H and O–H groups in total. The monoisotopic (exact) mass is 834 g/mol. The van der Waals surface area contributed by atoms with E-state index in [-0.39, 0.29) is 6.04 Å². The molecule has 1 fully saturated rings. The lowest BCUT2D eigenvalue weighted by Gasteiger charge is -2.36. The van der Waals surface area contributed by atoms with E-state index in [1.807, 2.05) is 48.7 Å². The summed E-state index contributed by atoms with van der Waals surface area (Å²) >= 11 is 13.7. The van der Waals surface area contributed by atoms with Gasteiger partial charge in [0.25, 0.3) is 0 Å². The molecule has 13 heteroatoms. The van der Waals surface area contributed by atoms with Gasteiger partial charge in [-0.25, -0.2) is 4.98 Å². The Hall–Kier alpha value is -4.81. The minimum absolute atomic E-state index is 0.133. The molecular formula is C46H52Cl2N8O3. The van der Waals surface area contributed by atoms with Crippen LogP contribution in [0.3, 0.4) is 0 Å². The zero-order valence-corrected chi connectivity index (χ0v) is 36.5. The molecule has 4 aromatic heterocycles. The lowest BCUT2D eigenvalue weighted by atomic mass is 9.98. The molecule has 0 unspecified atom stereocenters. The van der Waals surface area contributed by atoms with E-state index in [9.17, 15) is 0 Å². The van der Waals surface area contributed by atoms with Gasteiger partial charge >= 0.3 is 0 Å². The Bertz CT molecular complexity index is 2680. The zero-order chi connectivity index (χ0) is 41.1. The van der Waals surface area contributed by atoms with Gasteiger partial charge in [0.1, 0.15) is 12.1 Å². The van der Waals surface area contributed by atoms with Crippen molar-refractivity contribution in [1.82, 2.24) is 33.7 Å². The molecule has 0 saturated carbocycles. The van der Waals surface area contributed by atoms with Crippen molar-refractivity contribution in [2.24, 2.45) is 13.0 Å². The quantitative estimate of drug-likeness (QED) is 0.107. The largest absolute Gasteiger partial charge is 0.494 e. The maximum Gasteiger partial charge on any atom is 0.181 e. The molecule has 2 aliphatic heterocycles. The number of rotatable bonds is 13. The molecule has 308 valence electrons. The van der Waals surface area contributed by atoms with Gasteiger partial charge in [-0.05, 0) is 101 Å². The fraction of sp³-hybridized carbons (Fsp3) is 0.413. The van der Waals surface area contributed by atoms with E-state index in [2.05, 4.69) is 71.3 Å². The van der Waals surface area contributed by atoms with E-state index in [0.717, 1.165) is 119 Å². The topological polar surface area (TPSA) is 89.3 Å². The molecule has 9 rings (SSSR count). The van der Waals surface area contributed by atoms with Crippen LogP contribution in [0.4, 0.5) is 5.69 Å². The molecule has 1 saturated heterocycles. The van der Waals surface area contributed by atoms with E-state index in [1.165, 1.54) is 33.2 Å². The average Bonchev–Trinajstić information content (AvgIpc) is 3.96. The highest BCUT2D eigenvalue weighted by atomic mass is 35.5. The molecule has 0 radical (unpaired) electrons. The number of aryl methyl sites for hydroxylation is 5. The van der Waals surface area contributed by atoms with E-state index in [4.69, 9.17) is 52.6 Å². The van der Waals surface area contributed by atoms with Gasteiger partial charge in [-0.15, -0.1) is 0 Å². The number of aromatic nitrogens is 7. The fourth-order valence-electron chi connectivity index (χ4n) is 9.28. The number of hydrogen-bond donors (Lipinski definition) is 0. The highest BCUT2D eigenvalue weighted by molar-refractivity contribution is 6.35. The highest BCUT2D eigenvalue weighted by Crippen LogP contribution is 2.46. The zero-order valence-electron chi connectivity index (χ0n) is 35.0. The van der Waals surface area contributed by atoms with Crippen LogP contribution in [0.1, 0.15) is 53.2 Å². The van der Waals surface area contributed by atoms with Crippen molar-refractivity contribution in [3.05, 3.63) is 98.8 Å². The van der Waals surface area contributed by atoms with Gasteiger partial charge in [-0.1, -0.05) is 29.3 Å².